The number of rotatable bonds is 4. The average Bonchev–Trinajstić information content (AvgIpc) is 2.44. The van der Waals surface area contributed by atoms with E-state index in [9.17, 15) is 0 Å². The zero-order valence-corrected chi connectivity index (χ0v) is 10.2. The third kappa shape index (κ3) is 3.22. The molecule has 0 fully saturated rings. The number of aromatic nitrogens is 2. The molecule has 1 heterocycles. The molecule has 14 heavy (non-hydrogen) atoms. The van der Waals surface area contributed by atoms with Crippen molar-refractivity contribution < 1.29 is 0 Å². The van der Waals surface area contributed by atoms with Crippen molar-refractivity contribution in [1.82, 2.24) is 9.78 Å². The summed E-state index contributed by atoms with van der Waals surface area (Å²) in [5.74, 6) is 1.02. The van der Waals surface area contributed by atoms with Crippen LogP contribution in [0.15, 0.2) is 6.20 Å². The Kier molecular flexibility index (Phi) is 5.62. The summed E-state index contributed by atoms with van der Waals surface area (Å²) in [6.45, 7) is 9.51. The lowest BCUT2D eigenvalue weighted by Crippen LogP contribution is -2.04. The zero-order chi connectivity index (χ0) is 9.84. The van der Waals surface area contributed by atoms with Crippen molar-refractivity contribution in [1.29, 1.82) is 0 Å². The first-order chi connectivity index (χ1) is 6.15. The molecule has 0 aromatic carbocycles. The number of nitrogens with one attached hydrogen (secondary N) is 1. The lowest BCUT2D eigenvalue weighted by molar-refractivity contribution is 0.533. The van der Waals surface area contributed by atoms with E-state index in [0.717, 1.165) is 18.8 Å². The van der Waals surface area contributed by atoms with Gasteiger partial charge in [-0.25, -0.2) is 0 Å². The Hall–Kier alpha value is -0.700. The fourth-order valence-electron chi connectivity index (χ4n) is 1.17. The number of nitrogens with zero attached hydrogens (tertiary/aromatic N) is 2. The van der Waals surface area contributed by atoms with Gasteiger partial charge in [0.2, 0.25) is 0 Å². The standard InChI is InChI=1S/C10H19N3.ClH/c1-5-6-11-10-9(4)7-13(12-10)8(2)3;/h7-8H,5-6H2,1-4H3,(H,11,12);1H. The lowest BCUT2D eigenvalue weighted by Gasteiger charge is -2.04. The summed E-state index contributed by atoms with van der Waals surface area (Å²) in [4.78, 5) is 0. The molecule has 0 unspecified atom stereocenters. The molecule has 3 nitrogen and oxygen atoms in total. The Morgan fingerprint density at radius 1 is 1.50 bits per heavy atom. The molecular weight excluding hydrogens is 198 g/mol. The van der Waals surface area contributed by atoms with Crippen molar-refractivity contribution in [2.75, 3.05) is 11.9 Å². The van der Waals surface area contributed by atoms with Gasteiger partial charge in [-0.3, -0.25) is 4.68 Å². The highest BCUT2D eigenvalue weighted by atomic mass is 35.5. The summed E-state index contributed by atoms with van der Waals surface area (Å²) in [5.41, 5.74) is 1.22. The molecule has 82 valence electrons. The van der Waals surface area contributed by atoms with Crippen LogP contribution in [0.4, 0.5) is 5.82 Å². The van der Waals surface area contributed by atoms with Crippen molar-refractivity contribution >= 4 is 18.2 Å². The Morgan fingerprint density at radius 2 is 2.14 bits per heavy atom. The van der Waals surface area contributed by atoms with Crippen LogP contribution in [0.5, 0.6) is 0 Å². The summed E-state index contributed by atoms with van der Waals surface area (Å²) in [7, 11) is 0. The van der Waals surface area contributed by atoms with E-state index < -0.39 is 0 Å². The molecule has 1 N–H and O–H groups in total. The maximum Gasteiger partial charge on any atom is 0.150 e. The van der Waals surface area contributed by atoms with E-state index in [4.69, 9.17) is 0 Å². The minimum atomic E-state index is 0. The topological polar surface area (TPSA) is 29.9 Å². The average molecular weight is 218 g/mol. The molecule has 0 radical (unpaired) electrons. The summed E-state index contributed by atoms with van der Waals surface area (Å²) in [6.07, 6.45) is 3.22. The second-order valence-electron chi connectivity index (χ2n) is 3.66. The van der Waals surface area contributed by atoms with E-state index in [1.165, 1.54) is 5.56 Å². The number of aryl methyl sites for hydroxylation is 1. The largest absolute Gasteiger partial charge is 0.368 e. The Bertz CT molecular complexity index is 268. The second-order valence-corrected chi connectivity index (χ2v) is 3.66. The molecule has 1 aromatic rings. The molecular formula is C10H20ClN3. The number of hydrogen-bond acceptors (Lipinski definition) is 2. The fraction of sp³-hybridized carbons (Fsp3) is 0.700. The van der Waals surface area contributed by atoms with Gasteiger partial charge in [-0.05, 0) is 27.2 Å². The van der Waals surface area contributed by atoms with Gasteiger partial charge in [0.05, 0.1) is 0 Å². The minimum absolute atomic E-state index is 0. The van der Waals surface area contributed by atoms with Crippen molar-refractivity contribution in [3.8, 4) is 0 Å². The Morgan fingerprint density at radius 3 is 2.57 bits per heavy atom. The second kappa shape index (κ2) is 5.91. The van der Waals surface area contributed by atoms with Crippen molar-refractivity contribution in [3.05, 3.63) is 11.8 Å². The van der Waals surface area contributed by atoms with E-state index in [1.807, 2.05) is 4.68 Å². The van der Waals surface area contributed by atoms with E-state index in [0.29, 0.717) is 6.04 Å². The van der Waals surface area contributed by atoms with Crippen LogP contribution < -0.4 is 5.32 Å². The number of anilines is 1. The molecule has 0 spiro atoms. The van der Waals surface area contributed by atoms with E-state index in [2.05, 4.69) is 44.3 Å². The summed E-state index contributed by atoms with van der Waals surface area (Å²) in [6, 6.07) is 0.441. The number of hydrogen-bond donors (Lipinski definition) is 1. The molecule has 0 aliphatic heterocycles. The van der Waals surface area contributed by atoms with Crippen LogP contribution in [-0.2, 0) is 0 Å². The Labute approximate surface area is 92.3 Å². The van der Waals surface area contributed by atoms with Gasteiger partial charge in [-0.1, -0.05) is 6.92 Å². The molecule has 0 aliphatic rings. The normalized spacial score (nSPS) is 10.1. The predicted molar refractivity (Wildman–Crippen MR) is 63.4 cm³/mol. The van der Waals surface area contributed by atoms with Crippen LogP contribution >= 0.6 is 12.4 Å². The maximum absolute atomic E-state index is 4.45. The molecule has 0 amide bonds. The van der Waals surface area contributed by atoms with Crippen LogP contribution in [0.3, 0.4) is 0 Å². The quantitative estimate of drug-likeness (QED) is 0.841. The van der Waals surface area contributed by atoms with E-state index in [1.54, 1.807) is 0 Å². The van der Waals surface area contributed by atoms with Crippen molar-refractivity contribution in [3.63, 3.8) is 0 Å². The van der Waals surface area contributed by atoms with Crippen molar-refractivity contribution in [2.24, 2.45) is 0 Å². The first kappa shape index (κ1) is 13.3. The van der Waals surface area contributed by atoms with Crippen LogP contribution in [0.25, 0.3) is 0 Å². The van der Waals surface area contributed by atoms with Gasteiger partial charge in [-0.15, -0.1) is 12.4 Å². The third-order valence-corrected chi connectivity index (χ3v) is 1.99. The minimum Gasteiger partial charge on any atom is -0.368 e. The third-order valence-electron chi connectivity index (χ3n) is 1.99. The number of halogens is 1. The monoisotopic (exact) mass is 217 g/mol. The fourth-order valence-corrected chi connectivity index (χ4v) is 1.17. The highest BCUT2D eigenvalue weighted by Gasteiger charge is 2.05. The van der Waals surface area contributed by atoms with Gasteiger partial charge in [0.15, 0.2) is 5.82 Å². The molecule has 0 saturated heterocycles. The van der Waals surface area contributed by atoms with Crippen LogP contribution in [0, 0.1) is 6.92 Å². The highest BCUT2D eigenvalue weighted by Crippen LogP contribution is 2.14. The van der Waals surface area contributed by atoms with Crippen LogP contribution in [0.1, 0.15) is 38.8 Å². The molecule has 0 saturated carbocycles. The Balaban J connectivity index is 0.00000169. The van der Waals surface area contributed by atoms with E-state index in [-0.39, 0.29) is 12.4 Å². The summed E-state index contributed by atoms with van der Waals surface area (Å²) < 4.78 is 1.99. The first-order valence-electron chi connectivity index (χ1n) is 4.94. The van der Waals surface area contributed by atoms with Gasteiger partial charge in [0, 0.05) is 24.3 Å². The maximum atomic E-state index is 4.45. The SMILES string of the molecule is CCCNc1nn(C(C)C)cc1C.Cl. The van der Waals surface area contributed by atoms with Gasteiger partial charge >= 0.3 is 0 Å². The molecule has 1 aromatic heterocycles. The molecule has 0 atom stereocenters. The van der Waals surface area contributed by atoms with Crippen LogP contribution in [0.2, 0.25) is 0 Å². The summed E-state index contributed by atoms with van der Waals surface area (Å²) in [5, 5.41) is 7.76. The summed E-state index contributed by atoms with van der Waals surface area (Å²) >= 11 is 0. The highest BCUT2D eigenvalue weighted by molar-refractivity contribution is 5.85. The predicted octanol–water partition coefficient (Wildman–Crippen LogP) is 3.02. The lowest BCUT2D eigenvalue weighted by atomic mass is 10.3. The molecule has 4 heteroatoms. The van der Waals surface area contributed by atoms with E-state index >= 15 is 0 Å². The van der Waals surface area contributed by atoms with Crippen molar-refractivity contribution in [2.45, 2.75) is 40.2 Å². The molecule has 0 aliphatic carbocycles. The van der Waals surface area contributed by atoms with Gasteiger partial charge < -0.3 is 5.32 Å². The van der Waals surface area contributed by atoms with Crippen LogP contribution in [-0.4, -0.2) is 16.3 Å². The first-order valence-corrected chi connectivity index (χ1v) is 4.94. The van der Waals surface area contributed by atoms with Gasteiger partial charge in [0.25, 0.3) is 0 Å². The molecule has 1 rings (SSSR count). The molecule has 0 bridgehead atoms. The van der Waals surface area contributed by atoms with Gasteiger partial charge in [0.1, 0.15) is 0 Å². The van der Waals surface area contributed by atoms with Gasteiger partial charge in [-0.2, -0.15) is 5.10 Å². The zero-order valence-electron chi connectivity index (χ0n) is 9.37. The smallest absolute Gasteiger partial charge is 0.150 e.